The van der Waals surface area contributed by atoms with E-state index in [0.29, 0.717) is 44.4 Å². The molecule has 2 heterocycles. The Morgan fingerprint density at radius 2 is 1.94 bits per heavy atom. The van der Waals surface area contributed by atoms with Crippen LogP contribution in [-0.4, -0.2) is 51.7 Å². The van der Waals surface area contributed by atoms with Gasteiger partial charge in [-0.2, -0.15) is 5.10 Å². The van der Waals surface area contributed by atoms with Gasteiger partial charge in [-0.15, -0.1) is 0 Å². The van der Waals surface area contributed by atoms with Crippen LogP contribution < -0.4 is 10.5 Å². The van der Waals surface area contributed by atoms with Crippen molar-refractivity contribution in [2.24, 2.45) is 0 Å². The monoisotopic (exact) mass is 495 g/mol. The van der Waals surface area contributed by atoms with Gasteiger partial charge in [0.25, 0.3) is 0 Å². The number of aromatic nitrogens is 4. The maximum absolute atomic E-state index is 15.1. The summed E-state index contributed by atoms with van der Waals surface area (Å²) in [6.07, 6.45) is 1.41. The lowest BCUT2D eigenvalue weighted by Gasteiger charge is -2.22. The molecule has 10 heteroatoms. The van der Waals surface area contributed by atoms with Gasteiger partial charge in [-0.25, -0.2) is 19.0 Å². The quantitative estimate of drug-likeness (QED) is 0.298. The molecule has 0 amide bonds. The van der Waals surface area contributed by atoms with Gasteiger partial charge in [0.1, 0.15) is 29.5 Å². The van der Waals surface area contributed by atoms with E-state index in [0.717, 1.165) is 11.1 Å². The zero-order chi connectivity index (χ0) is 25.6. The number of nitrogens with two attached hydrogens (primary N) is 1. The van der Waals surface area contributed by atoms with Crippen molar-refractivity contribution in [1.82, 2.24) is 24.6 Å². The molecule has 0 saturated heterocycles. The van der Waals surface area contributed by atoms with E-state index in [1.807, 2.05) is 26.8 Å². The van der Waals surface area contributed by atoms with Gasteiger partial charge < -0.3 is 15.4 Å². The Hall–Kier alpha value is -3.72. The Labute approximate surface area is 208 Å². The third-order valence-corrected chi connectivity index (χ3v) is 6.57. The molecule has 0 aliphatic carbocycles. The van der Waals surface area contributed by atoms with Crippen LogP contribution in [0, 0.1) is 25.1 Å². The highest BCUT2D eigenvalue weighted by molar-refractivity contribution is 6.32. The summed E-state index contributed by atoms with van der Waals surface area (Å²) < 4.78 is 22.7. The molecule has 2 aromatic heterocycles. The smallest absolute Gasteiger partial charge is 0.164 e. The fourth-order valence-electron chi connectivity index (χ4n) is 4.30. The number of hydrogen-bond donors (Lipinski definition) is 2. The molecular formula is C25H27ClFN7O. The molecule has 1 unspecified atom stereocenters. The van der Waals surface area contributed by atoms with Gasteiger partial charge in [0.15, 0.2) is 5.65 Å². The molecule has 182 valence electrons. The van der Waals surface area contributed by atoms with Crippen molar-refractivity contribution in [3.05, 3.63) is 63.8 Å². The lowest BCUT2D eigenvalue weighted by molar-refractivity contribution is 0.402. The summed E-state index contributed by atoms with van der Waals surface area (Å²) in [7, 11) is 4.97. The highest BCUT2D eigenvalue weighted by atomic mass is 35.5. The second-order valence-corrected chi connectivity index (χ2v) is 8.99. The molecule has 0 bridgehead atoms. The van der Waals surface area contributed by atoms with Crippen LogP contribution in [0.1, 0.15) is 35.3 Å². The van der Waals surface area contributed by atoms with E-state index in [1.54, 1.807) is 42.9 Å². The lowest BCUT2D eigenvalue weighted by Crippen LogP contribution is -2.22. The largest absolute Gasteiger partial charge is 0.496 e. The molecule has 0 aliphatic rings. The lowest BCUT2D eigenvalue weighted by atomic mass is 9.93. The number of amidine groups is 1. The minimum atomic E-state index is -0.502. The summed E-state index contributed by atoms with van der Waals surface area (Å²) in [5.74, 6) is 0.496. The van der Waals surface area contributed by atoms with Crippen molar-refractivity contribution in [2.45, 2.75) is 26.8 Å². The summed E-state index contributed by atoms with van der Waals surface area (Å²) in [4.78, 5) is 10.0. The number of ether oxygens (including phenoxy) is 1. The van der Waals surface area contributed by atoms with E-state index in [2.05, 4.69) is 15.1 Å². The number of methoxy groups -OCH3 is 1. The number of hydrogen-bond acceptors (Lipinski definition) is 6. The van der Waals surface area contributed by atoms with Crippen LogP contribution >= 0.6 is 11.6 Å². The molecule has 0 saturated carbocycles. The Bertz CT molecular complexity index is 1460. The Balaban J connectivity index is 1.91. The maximum Gasteiger partial charge on any atom is 0.164 e. The van der Waals surface area contributed by atoms with Crippen molar-refractivity contribution in [2.75, 3.05) is 26.9 Å². The van der Waals surface area contributed by atoms with Gasteiger partial charge in [0, 0.05) is 30.2 Å². The van der Waals surface area contributed by atoms with E-state index in [9.17, 15) is 0 Å². The first-order valence-electron chi connectivity index (χ1n) is 10.9. The van der Waals surface area contributed by atoms with E-state index in [4.69, 9.17) is 27.5 Å². The molecule has 4 aromatic rings. The topological polar surface area (TPSA) is 106 Å². The number of benzene rings is 2. The summed E-state index contributed by atoms with van der Waals surface area (Å²) in [5, 5.41) is 14.0. The number of nitrogens with zero attached hydrogens (tertiary/aromatic N) is 5. The highest BCUT2D eigenvalue weighted by Gasteiger charge is 2.25. The van der Waals surface area contributed by atoms with Crippen LogP contribution in [0.4, 0.5) is 10.2 Å². The van der Waals surface area contributed by atoms with Crippen LogP contribution in [0.3, 0.4) is 0 Å². The van der Waals surface area contributed by atoms with E-state index < -0.39 is 5.82 Å². The predicted molar refractivity (Wildman–Crippen MR) is 137 cm³/mol. The van der Waals surface area contributed by atoms with Gasteiger partial charge in [-0.1, -0.05) is 17.7 Å². The minimum Gasteiger partial charge on any atom is -0.496 e. The van der Waals surface area contributed by atoms with E-state index in [1.165, 1.54) is 12.4 Å². The minimum absolute atomic E-state index is 0.0836. The second kappa shape index (κ2) is 9.14. The Kier molecular flexibility index (Phi) is 6.38. The van der Waals surface area contributed by atoms with Crippen LogP contribution in [-0.2, 0) is 0 Å². The number of nitrogen functional groups attached to an aromatic ring is 1. The summed E-state index contributed by atoms with van der Waals surface area (Å²) in [6, 6.07) is 6.28. The first-order valence-corrected chi connectivity index (χ1v) is 11.3. The molecular weight excluding hydrogens is 469 g/mol. The average molecular weight is 496 g/mol. The molecule has 0 aliphatic heterocycles. The number of nitrogens with one attached hydrogen (secondary N) is 1. The highest BCUT2D eigenvalue weighted by Crippen LogP contribution is 2.43. The van der Waals surface area contributed by atoms with Gasteiger partial charge >= 0.3 is 0 Å². The molecule has 2 aromatic carbocycles. The van der Waals surface area contributed by atoms with Gasteiger partial charge in [-0.3, -0.25) is 5.41 Å². The number of fused-ring (bicyclic) bond motifs is 1. The molecule has 0 spiro atoms. The summed E-state index contributed by atoms with van der Waals surface area (Å²) in [5.41, 5.74) is 10.4. The van der Waals surface area contributed by atoms with E-state index >= 15 is 4.39 Å². The van der Waals surface area contributed by atoms with Gasteiger partial charge in [-0.05, 0) is 50.1 Å². The fraction of sp³-hybridized carbons (Fsp3) is 0.280. The first-order chi connectivity index (χ1) is 16.6. The molecule has 8 nitrogen and oxygen atoms in total. The van der Waals surface area contributed by atoms with Crippen molar-refractivity contribution in [3.8, 4) is 16.9 Å². The maximum atomic E-state index is 15.1. The third kappa shape index (κ3) is 4.05. The van der Waals surface area contributed by atoms with Crippen LogP contribution in [0.25, 0.3) is 22.2 Å². The number of anilines is 1. The molecule has 0 fully saturated rings. The van der Waals surface area contributed by atoms with Crippen molar-refractivity contribution < 1.29 is 9.13 Å². The van der Waals surface area contributed by atoms with Gasteiger partial charge in [0.05, 0.1) is 29.8 Å². The van der Waals surface area contributed by atoms with Crippen molar-refractivity contribution >= 4 is 34.3 Å². The predicted octanol–water partition coefficient (Wildman–Crippen LogP) is 4.99. The fourth-order valence-corrected chi connectivity index (χ4v) is 4.51. The molecule has 35 heavy (non-hydrogen) atoms. The second-order valence-electron chi connectivity index (χ2n) is 8.58. The van der Waals surface area contributed by atoms with Crippen LogP contribution in [0.2, 0.25) is 5.02 Å². The SMILES string of the molecule is COc1c(C(C)n2nc(C)c3c(N)ncnc32)cc(Cl)c(C)c1-c1ccc(C(=N)N(C)C)c(F)c1. The number of aryl methyl sites for hydroxylation is 1. The molecule has 0 radical (unpaired) electrons. The number of halogens is 2. The number of rotatable bonds is 5. The normalized spacial score (nSPS) is 12.1. The summed E-state index contributed by atoms with van der Waals surface area (Å²) in [6.45, 7) is 5.68. The Morgan fingerprint density at radius 3 is 2.57 bits per heavy atom. The molecule has 3 N–H and O–H groups in total. The molecule has 4 rings (SSSR count). The van der Waals surface area contributed by atoms with Crippen molar-refractivity contribution in [1.29, 1.82) is 5.41 Å². The van der Waals surface area contributed by atoms with Crippen LogP contribution in [0.5, 0.6) is 5.75 Å². The van der Waals surface area contributed by atoms with Crippen LogP contribution in [0.15, 0.2) is 30.6 Å². The standard InChI is InChI=1S/C25H27ClFN7O/c1-12-18(26)10-17(14(3)34-25-21(13(2)32-34)23(28)30-11-31-25)22(35-6)20(12)15-7-8-16(19(27)9-15)24(29)33(4)5/h7-11,14,29H,1-6H3,(H2,28,30,31). The van der Waals surface area contributed by atoms with Crippen molar-refractivity contribution in [3.63, 3.8) is 0 Å². The third-order valence-electron chi connectivity index (χ3n) is 6.18. The van der Waals surface area contributed by atoms with Gasteiger partial charge in [0.2, 0.25) is 0 Å². The average Bonchev–Trinajstić information content (AvgIpc) is 3.16. The Morgan fingerprint density at radius 1 is 1.23 bits per heavy atom. The van der Waals surface area contributed by atoms with E-state index in [-0.39, 0.29) is 17.4 Å². The summed E-state index contributed by atoms with van der Waals surface area (Å²) >= 11 is 6.68. The zero-order valence-corrected chi connectivity index (χ0v) is 21.2. The first kappa shape index (κ1) is 24.4. The molecule has 1 atom stereocenters. The zero-order valence-electron chi connectivity index (χ0n) is 20.4.